The maximum atomic E-state index is 5.99. The van der Waals surface area contributed by atoms with Crippen LogP contribution in [0.1, 0.15) is 36.0 Å². The number of hydrogen-bond acceptors (Lipinski definition) is 4. The van der Waals surface area contributed by atoms with Gasteiger partial charge in [-0.15, -0.1) is 0 Å². The zero-order valence-corrected chi connectivity index (χ0v) is 18.4. The number of pyridine rings is 1. The summed E-state index contributed by atoms with van der Waals surface area (Å²) in [5.41, 5.74) is 3.74. The van der Waals surface area contributed by atoms with E-state index in [0.29, 0.717) is 6.61 Å². The highest BCUT2D eigenvalue weighted by Gasteiger charge is 2.20. The summed E-state index contributed by atoms with van der Waals surface area (Å²) >= 11 is 0. The van der Waals surface area contributed by atoms with Crippen molar-refractivity contribution in [2.45, 2.75) is 38.8 Å². The van der Waals surface area contributed by atoms with Crippen LogP contribution >= 0.6 is 0 Å². The van der Waals surface area contributed by atoms with E-state index in [1.807, 2.05) is 24.3 Å². The first-order valence-electron chi connectivity index (χ1n) is 11.3. The van der Waals surface area contributed by atoms with Crippen LogP contribution in [0.4, 0.5) is 0 Å². The number of hydrogen-bond donors (Lipinski definition) is 0. The van der Waals surface area contributed by atoms with Crippen molar-refractivity contribution >= 4 is 0 Å². The number of rotatable bonds is 9. The van der Waals surface area contributed by atoms with Gasteiger partial charge in [-0.2, -0.15) is 0 Å². The van der Waals surface area contributed by atoms with Gasteiger partial charge in [0.15, 0.2) is 0 Å². The molecule has 0 radical (unpaired) electrons. The van der Waals surface area contributed by atoms with Gasteiger partial charge in [-0.05, 0) is 74.0 Å². The van der Waals surface area contributed by atoms with Gasteiger partial charge in [-0.3, -0.25) is 4.90 Å². The Hall–Kier alpha value is -2.85. The molecule has 1 saturated heterocycles. The van der Waals surface area contributed by atoms with Crippen molar-refractivity contribution in [3.05, 3.63) is 89.6 Å². The molecule has 31 heavy (non-hydrogen) atoms. The first kappa shape index (κ1) is 21.4. The van der Waals surface area contributed by atoms with Gasteiger partial charge in [0.1, 0.15) is 12.4 Å². The Morgan fingerprint density at radius 1 is 0.935 bits per heavy atom. The summed E-state index contributed by atoms with van der Waals surface area (Å²) in [5.74, 6) is 2.50. The zero-order valence-electron chi connectivity index (χ0n) is 18.4. The lowest BCUT2D eigenvalue weighted by Crippen LogP contribution is -2.33. The van der Waals surface area contributed by atoms with Crippen molar-refractivity contribution in [3.63, 3.8) is 0 Å². The SMILES string of the molecule is COc1ncccc1CN1CCC(CCc2cccc(OCc3ccccc3)c2)CC1. The second-order valence-corrected chi connectivity index (χ2v) is 8.35. The van der Waals surface area contributed by atoms with E-state index in [-0.39, 0.29) is 0 Å². The number of piperidine rings is 1. The van der Waals surface area contributed by atoms with Crippen molar-refractivity contribution < 1.29 is 9.47 Å². The van der Waals surface area contributed by atoms with E-state index < -0.39 is 0 Å². The Kier molecular flexibility index (Phi) is 7.56. The van der Waals surface area contributed by atoms with Gasteiger partial charge < -0.3 is 9.47 Å². The molecule has 4 rings (SSSR count). The first-order valence-corrected chi connectivity index (χ1v) is 11.3. The minimum absolute atomic E-state index is 0.616. The molecule has 0 unspecified atom stereocenters. The van der Waals surface area contributed by atoms with Crippen LogP contribution < -0.4 is 9.47 Å². The Labute approximate surface area is 185 Å². The molecule has 162 valence electrons. The molecule has 0 N–H and O–H groups in total. The van der Waals surface area contributed by atoms with E-state index >= 15 is 0 Å². The topological polar surface area (TPSA) is 34.6 Å². The van der Waals surface area contributed by atoms with Gasteiger partial charge in [-0.1, -0.05) is 48.5 Å². The number of nitrogens with zero attached hydrogens (tertiary/aromatic N) is 2. The predicted molar refractivity (Wildman–Crippen MR) is 124 cm³/mol. The van der Waals surface area contributed by atoms with Crippen molar-refractivity contribution in [2.24, 2.45) is 5.92 Å². The summed E-state index contributed by atoms with van der Waals surface area (Å²) < 4.78 is 11.4. The molecule has 0 amide bonds. The van der Waals surface area contributed by atoms with Crippen LogP contribution in [-0.4, -0.2) is 30.1 Å². The van der Waals surface area contributed by atoms with E-state index in [4.69, 9.17) is 9.47 Å². The Morgan fingerprint density at radius 3 is 2.55 bits per heavy atom. The molecule has 0 spiro atoms. The van der Waals surface area contributed by atoms with Crippen LogP contribution in [-0.2, 0) is 19.6 Å². The van der Waals surface area contributed by atoms with E-state index in [1.54, 1.807) is 13.3 Å². The molecule has 3 aromatic rings. The lowest BCUT2D eigenvalue weighted by Gasteiger charge is -2.32. The maximum Gasteiger partial charge on any atom is 0.217 e. The van der Waals surface area contributed by atoms with E-state index in [0.717, 1.165) is 43.6 Å². The highest BCUT2D eigenvalue weighted by Crippen LogP contribution is 2.26. The molecule has 0 bridgehead atoms. The fourth-order valence-corrected chi connectivity index (χ4v) is 4.30. The van der Waals surface area contributed by atoms with Crippen LogP contribution in [0.3, 0.4) is 0 Å². The molecule has 0 saturated carbocycles. The molecule has 0 aliphatic carbocycles. The van der Waals surface area contributed by atoms with Crippen molar-refractivity contribution in [1.29, 1.82) is 0 Å². The molecule has 1 aromatic heterocycles. The molecule has 1 aliphatic heterocycles. The lowest BCUT2D eigenvalue weighted by atomic mass is 9.90. The number of methoxy groups -OCH3 is 1. The number of ether oxygens (including phenoxy) is 2. The van der Waals surface area contributed by atoms with Gasteiger partial charge in [0.2, 0.25) is 5.88 Å². The minimum Gasteiger partial charge on any atom is -0.489 e. The summed E-state index contributed by atoms with van der Waals surface area (Å²) in [5, 5.41) is 0. The number of aromatic nitrogens is 1. The molecule has 4 heteroatoms. The monoisotopic (exact) mass is 416 g/mol. The third kappa shape index (κ3) is 6.31. The average molecular weight is 417 g/mol. The predicted octanol–water partition coefficient (Wildman–Crippen LogP) is 5.51. The summed E-state index contributed by atoms with van der Waals surface area (Å²) in [6, 6.07) is 23.0. The van der Waals surface area contributed by atoms with Gasteiger partial charge in [0.05, 0.1) is 7.11 Å². The second-order valence-electron chi connectivity index (χ2n) is 8.35. The quantitative estimate of drug-likeness (QED) is 0.460. The van der Waals surface area contributed by atoms with Crippen molar-refractivity contribution in [2.75, 3.05) is 20.2 Å². The summed E-state index contributed by atoms with van der Waals surface area (Å²) in [7, 11) is 1.69. The van der Waals surface area contributed by atoms with Gasteiger partial charge >= 0.3 is 0 Å². The molecule has 0 atom stereocenters. The van der Waals surface area contributed by atoms with Gasteiger partial charge in [0, 0.05) is 18.3 Å². The molecular weight excluding hydrogens is 384 g/mol. The molecule has 2 aromatic carbocycles. The Bertz CT molecular complexity index is 937. The van der Waals surface area contributed by atoms with E-state index in [1.165, 1.54) is 36.0 Å². The van der Waals surface area contributed by atoms with Crippen LogP contribution in [0.25, 0.3) is 0 Å². The van der Waals surface area contributed by atoms with Crippen molar-refractivity contribution in [1.82, 2.24) is 9.88 Å². The minimum atomic E-state index is 0.616. The van der Waals surface area contributed by atoms with Crippen LogP contribution in [0.2, 0.25) is 0 Å². The van der Waals surface area contributed by atoms with Gasteiger partial charge in [0.25, 0.3) is 0 Å². The van der Waals surface area contributed by atoms with Crippen LogP contribution in [0.15, 0.2) is 72.9 Å². The van der Waals surface area contributed by atoms with Crippen LogP contribution in [0.5, 0.6) is 11.6 Å². The lowest BCUT2D eigenvalue weighted by molar-refractivity contribution is 0.170. The first-order chi connectivity index (χ1) is 15.3. The number of aryl methyl sites for hydroxylation is 1. The van der Waals surface area contributed by atoms with E-state index in [2.05, 4.69) is 52.3 Å². The normalized spacial score (nSPS) is 15.0. The number of benzene rings is 2. The molecule has 2 heterocycles. The van der Waals surface area contributed by atoms with E-state index in [9.17, 15) is 0 Å². The fourth-order valence-electron chi connectivity index (χ4n) is 4.30. The Balaban J connectivity index is 1.21. The fraction of sp³-hybridized carbons (Fsp3) is 0.370. The number of likely N-dealkylation sites (tertiary alicyclic amines) is 1. The third-order valence-corrected chi connectivity index (χ3v) is 6.13. The molecule has 4 nitrogen and oxygen atoms in total. The van der Waals surface area contributed by atoms with Crippen molar-refractivity contribution in [3.8, 4) is 11.6 Å². The smallest absolute Gasteiger partial charge is 0.217 e. The Morgan fingerprint density at radius 2 is 1.74 bits per heavy atom. The summed E-state index contributed by atoms with van der Waals surface area (Å²) in [4.78, 5) is 6.84. The molecular formula is C27H32N2O2. The van der Waals surface area contributed by atoms with Gasteiger partial charge in [-0.25, -0.2) is 4.98 Å². The van der Waals surface area contributed by atoms with Crippen LogP contribution in [0, 0.1) is 5.92 Å². The molecule has 1 aliphatic rings. The largest absolute Gasteiger partial charge is 0.489 e. The highest BCUT2D eigenvalue weighted by molar-refractivity contribution is 5.29. The average Bonchev–Trinajstić information content (AvgIpc) is 2.84. The second kappa shape index (κ2) is 11.0. The summed E-state index contributed by atoms with van der Waals surface area (Å²) in [6.07, 6.45) is 6.66. The molecule has 1 fully saturated rings. The third-order valence-electron chi connectivity index (χ3n) is 6.13. The zero-order chi connectivity index (χ0) is 21.3. The highest BCUT2D eigenvalue weighted by atomic mass is 16.5. The standard InChI is InChI=1S/C27H32N2O2/c1-30-27-25(10-6-16-28-27)20-29-17-14-22(15-18-29)12-13-23-9-5-11-26(19-23)31-21-24-7-3-2-4-8-24/h2-11,16,19,22H,12-15,17-18,20-21H2,1H3. The maximum absolute atomic E-state index is 5.99. The summed E-state index contributed by atoms with van der Waals surface area (Å²) in [6.45, 7) is 3.82.